The zero-order valence-corrected chi connectivity index (χ0v) is 11.8. The van der Waals surface area contributed by atoms with Crippen LogP contribution in [0, 0.1) is 10.1 Å². The van der Waals surface area contributed by atoms with Gasteiger partial charge in [0.25, 0.3) is 5.91 Å². The molecule has 1 atom stereocenters. The Morgan fingerprint density at radius 3 is 2.71 bits per heavy atom. The molecule has 0 spiro atoms. The molecule has 1 unspecified atom stereocenters. The quantitative estimate of drug-likeness (QED) is 0.619. The Labute approximate surface area is 120 Å². The summed E-state index contributed by atoms with van der Waals surface area (Å²) >= 11 is 0. The van der Waals surface area contributed by atoms with E-state index in [9.17, 15) is 28.4 Å². The van der Waals surface area contributed by atoms with Crippen molar-refractivity contribution >= 4 is 21.4 Å². The SMILES string of the molecule is O=C(NCC1CCCS1(=O)=O)c1ccc([N+](=O)[O-])c(O)c1. The molecule has 0 saturated carbocycles. The van der Waals surface area contributed by atoms with E-state index in [1.165, 1.54) is 6.07 Å². The van der Waals surface area contributed by atoms with Crippen molar-refractivity contribution in [2.45, 2.75) is 18.1 Å². The number of carbonyl (C=O) groups is 1. The van der Waals surface area contributed by atoms with Crippen LogP contribution >= 0.6 is 0 Å². The molecule has 2 rings (SSSR count). The summed E-state index contributed by atoms with van der Waals surface area (Å²) in [6, 6.07) is 3.21. The van der Waals surface area contributed by atoms with Crippen molar-refractivity contribution in [3.05, 3.63) is 33.9 Å². The molecule has 1 aromatic carbocycles. The zero-order chi connectivity index (χ0) is 15.6. The molecular weight excluding hydrogens is 300 g/mol. The number of hydrogen-bond donors (Lipinski definition) is 2. The number of nitro benzene ring substituents is 1. The predicted octanol–water partition coefficient (Wildman–Crippen LogP) is 0.607. The number of hydrogen-bond acceptors (Lipinski definition) is 6. The molecule has 1 amide bonds. The van der Waals surface area contributed by atoms with Crippen LogP contribution in [-0.2, 0) is 9.84 Å². The standard InChI is InChI=1S/C12H14N2O6S/c15-11-6-8(3-4-10(11)14(17)18)12(16)13-7-9-2-1-5-21(9,19)20/h3-4,6,9,15H,1-2,5,7H2,(H,13,16). The van der Waals surface area contributed by atoms with Crippen LogP contribution < -0.4 is 5.32 Å². The van der Waals surface area contributed by atoms with Crippen LogP contribution in [0.5, 0.6) is 5.75 Å². The van der Waals surface area contributed by atoms with Crippen LogP contribution in [0.4, 0.5) is 5.69 Å². The summed E-state index contributed by atoms with van der Waals surface area (Å²) < 4.78 is 23.2. The number of phenolic OH excluding ortho intramolecular Hbond substituents is 1. The first-order valence-corrected chi connectivity index (χ1v) is 8.00. The molecule has 1 aliphatic rings. The van der Waals surface area contributed by atoms with Crippen LogP contribution in [0.3, 0.4) is 0 Å². The van der Waals surface area contributed by atoms with Crippen molar-refractivity contribution in [3.63, 3.8) is 0 Å². The van der Waals surface area contributed by atoms with Gasteiger partial charge in [0.15, 0.2) is 15.6 Å². The number of aromatic hydroxyl groups is 1. The predicted molar refractivity (Wildman–Crippen MR) is 73.9 cm³/mol. The van der Waals surface area contributed by atoms with Crippen molar-refractivity contribution in [2.24, 2.45) is 0 Å². The summed E-state index contributed by atoms with van der Waals surface area (Å²) in [5, 5.41) is 21.9. The van der Waals surface area contributed by atoms with Gasteiger partial charge in [-0.05, 0) is 25.0 Å². The van der Waals surface area contributed by atoms with Gasteiger partial charge >= 0.3 is 5.69 Å². The van der Waals surface area contributed by atoms with Gasteiger partial charge in [-0.1, -0.05) is 0 Å². The van der Waals surface area contributed by atoms with Crippen LogP contribution in [-0.4, -0.2) is 41.9 Å². The van der Waals surface area contributed by atoms with E-state index in [2.05, 4.69) is 5.32 Å². The second-order valence-corrected chi connectivity index (χ2v) is 7.20. The van der Waals surface area contributed by atoms with E-state index in [0.29, 0.717) is 12.8 Å². The van der Waals surface area contributed by atoms with Gasteiger partial charge in [-0.2, -0.15) is 0 Å². The third-order valence-corrected chi connectivity index (χ3v) is 5.66. The van der Waals surface area contributed by atoms with Crippen molar-refractivity contribution in [3.8, 4) is 5.75 Å². The first-order chi connectivity index (χ1) is 9.81. The summed E-state index contributed by atoms with van der Waals surface area (Å²) in [7, 11) is -3.14. The number of nitrogens with zero attached hydrogens (tertiary/aromatic N) is 1. The molecule has 0 bridgehead atoms. The maximum absolute atomic E-state index is 11.9. The Kier molecular flexibility index (Phi) is 4.12. The Hall–Kier alpha value is -2.16. The summed E-state index contributed by atoms with van der Waals surface area (Å²) in [5.41, 5.74) is -0.460. The maximum atomic E-state index is 11.9. The van der Waals surface area contributed by atoms with E-state index < -0.39 is 37.4 Å². The highest BCUT2D eigenvalue weighted by atomic mass is 32.2. The van der Waals surface area contributed by atoms with Crippen molar-refractivity contribution < 1.29 is 23.2 Å². The maximum Gasteiger partial charge on any atom is 0.310 e. The summed E-state index contributed by atoms with van der Waals surface area (Å²) in [6.45, 7) is -0.00108. The van der Waals surface area contributed by atoms with E-state index in [1.807, 2.05) is 0 Å². The van der Waals surface area contributed by atoms with Crippen molar-refractivity contribution in [1.29, 1.82) is 0 Å². The topological polar surface area (TPSA) is 127 Å². The van der Waals surface area contributed by atoms with E-state index >= 15 is 0 Å². The molecular formula is C12H14N2O6S. The first-order valence-electron chi connectivity index (χ1n) is 6.28. The van der Waals surface area contributed by atoms with E-state index in [4.69, 9.17) is 0 Å². The van der Waals surface area contributed by atoms with Gasteiger partial charge in [0.1, 0.15) is 0 Å². The second kappa shape index (κ2) is 5.68. The third-order valence-electron chi connectivity index (χ3n) is 3.39. The number of amides is 1. The minimum atomic E-state index is -3.14. The fraction of sp³-hybridized carbons (Fsp3) is 0.417. The lowest BCUT2D eigenvalue weighted by Gasteiger charge is -2.11. The van der Waals surface area contributed by atoms with Crippen LogP contribution in [0.25, 0.3) is 0 Å². The zero-order valence-electron chi connectivity index (χ0n) is 11.0. The lowest BCUT2D eigenvalue weighted by molar-refractivity contribution is -0.385. The summed E-state index contributed by atoms with van der Waals surface area (Å²) in [6.07, 6.45) is 1.09. The molecule has 8 nitrogen and oxygen atoms in total. The third kappa shape index (κ3) is 3.30. The smallest absolute Gasteiger partial charge is 0.310 e. The Morgan fingerprint density at radius 2 is 2.19 bits per heavy atom. The number of sulfone groups is 1. The molecule has 1 saturated heterocycles. The molecule has 9 heteroatoms. The van der Waals surface area contributed by atoms with Gasteiger partial charge in [-0.15, -0.1) is 0 Å². The molecule has 1 heterocycles. The van der Waals surface area contributed by atoms with Crippen molar-refractivity contribution in [1.82, 2.24) is 5.32 Å². The Morgan fingerprint density at radius 1 is 1.48 bits per heavy atom. The van der Waals surface area contributed by atoms with Gasteiger partial charge < -0.3 is 10.4 Å². The van der Waals surface area contributed by atoms with E-state index in [1.54, 1.807) is 0 Å². The lowest BCUT2D eigenvalue weighted by Crippen LogP contribution is -2.34. The average molecular weight is 314 g/mol. The van der Waals surface area contributed by atoms with E-state index in [-0.39, 0.29) is 17.9 Å². The number of nitro groups is 1. The van der Waals surface area contributed by atoms with Gasteiger partial charge in [0, 0.05) is 18.2 Å². The number of benzene rings is 1. The van der Waals surface area contributed by atoms with Crippen molar-refractivity contribution in [2.75, 3.05) is 12.3 Å². The summed E-state index contributed by atoms with van der Waals surface area (Å²) in [5.74, 6) is -1.06. The molecule has 1 aromatic rings. The highest BCUT2D eigenvalue weighted by molar-refractivity contribution is 7.92. The van der Waals surface area contributed by atoms with Gasteiger partial charge in [-0.3, -0.25) is 14.9 Å². The molecule has 21 heavy (non-hydrogen) atoms. The second-order valence-electron chi connectivity index (χ2n) is 4.80. The minimum absolute atomic E-state index is 0.00108. The summed E-state index contributed by atoms with van der Waals surface area (Å²) in [4.78, 5) is 21.6. The first kappa shape index (κ1) is 15.2. The monoisotopic (exact) mass is 314 g/mol. The fourth-order valence-electron chi connectivity index (χ4n) is 2.22. The van der Waals surface area contributed by atoms with Gasteiger partial charge in [0.2, 0.25) is 0 Å². The molecule has 0 aromatic heterocycles. The highest BCUT2D eigenvalue weighted by Gasteiger charge is 2.31. The molecule has 0 radical (unpaired) electrons. The Bertz CT molecular complexity index is 685. The normalized spacial score (nSPS) is 20.1. The van der Waals surface area contributed by atoms with Gasteiger partial charge in [-0.25, -0.2) is 8.42 Å². The molecule has 0 aliphatic carbocycles. The number of nitrogens with one attached hydrogen (secondary N) is 1. The molecule has 1 aliphatic heterocycles. The highest BCUT2D eigenvalue weighted by Crippen LogP contribution is 2.26. The minimum Gasteiger partial charge on any atom is -0.502 e. The average Bonchev–Trinajstić information content (AvgIpc) is 2.74. The Balaban J connectivity index is 2.04. The number of carbonyl (C=O) groups excluding carboxylic acids is 1. The van der Waals surface area contributed by atoms with E-state index in [0.717, 1.165) is 12.1 Å². The largest absolute Gasteiger partial charge is 0.502 e. The fourth-order valence-corrected chi connectivity index (χ4v) is 3.98. The molecule has 114 valence electrons. The number of rotatable bonds is 4. The number of phenols is 1. The molecule has 2 N–H and O–H groups in total. The van der Waals surface area contributed by atoms with Gasteiger partial charge in [0.05, 0.1) is 15.9 Å². The van der Waals surface area contributed by atoms with Crippen LogP contribution in [0.1, 0.15) is 23.2 Å². The van der Waals surface area contributed by atoms with Crippen LogP contribution in [0.15, 0.2) is 18.2 Å². The molecule has 1 fully saturated rings. The lowest BCUT2D eigenvalue weighted by atomic mass is 10.1. The van der Waals surface area contributed by atoms with Crippen LogP contribution in [0.2, 0.25) is 0 Å².